The highest BCUT2D eigenvalue weighted by molar-refractivity contribution is 6.30. The Hall–Kier alpha value is -3.84. The van der Waals surface area contributed by atoms with Crippen LogP contribution in [0, 0.1) is 6.92 Å². The Bertz CT molecular complexity index is 1350. The summed E-state index contributed by atoms with van der Waals surface area (Å²) in [5, 5.41) is 9.31. The van der Waals surface area contributed by atoms with Gasteiger partial charge in [0.25, 0.3) is 5.91 Å². The first-order chi connectivity index (χ1) is 18.9. The molecule has 1 fully saturated rings. The van der Waals surface area contributed by atoms with E-state index in [0.717, 1.165) is 16.7 Å². The van der Waals surface area contributed by atoms with Crippen LogP contribution in [0.25, 0.3) is 0 Å². The van der Waals surface area contributed by atoms with E-state index >= 15 is 0 Å². The first-order valence-electron chi connectivity index (χ1n) is 13.5. The molecule has 0 spiro atoms. The van der Waals surface area contributed by atoms with Crippen LogP contribution < -0.4 is 10.6 Å². The van der Waals surface area contributed by atoms with Gasteiger partial charge in [-0.25, -0.2) is 14.8 Å². The average molecular weight is 561 g/mol. The Morgan fingerprint density at radius 2 is 1.60 bits per heavy atom. The normalized spacial score (nSPS) is 19.5. The molecule has 0 aromatic heterocycles. The zero-order valence-electron chi connectivity index (χ0n) is 23.6. The lowest BCUT2D eigenvalue weighted by Gasteiger charge is -2.47. The van der Waals surface area contributed by atoms with Crippen molar-refractivity contribution in [2.75, 3.05) is 5.32 Å². The minimum absolute atomic E-state index is 0.0632. The molecule has 210 valence electrons. The number of anilines is 1. The van der Waals surface area contributed by atoms with E-state index < -0.39 is 23.7 Å². The van der Waals surface area contributed by atoms with Crippen LogP contribution >= 0.6 is 11.6 Å². The number of amides is 4. The number of urea groups is 1. The summed E-state index contributed by atoms with van der Waals surface area (Å²) in [5.74, 6) is -0.652. The van der Waals surface area contributed by atoms with Gasteiger partial charge in [-0.3, -0.25) is 9.59 Å². The molecule has 0 radical (unpaired) electrons. The Morgan fingerprint density at radius 3 is 2.20 bits per heavy atom. The van der Waals surface area contributed by atoms with Gasteiger partial charge in [0, 0.05) is 17.6 Å². The fourth-order valence-electron chi connectivity index (χ4n) is 5.42. The van der Waals surface area contributed by atoms with E-state index in [1.54, 1.807) is 29.3 Å². The number of halogens is 1. The van der Waals surface area contributed by atoms with Gasteiger partial charge in [0.1, 0.15) is 6.04 Å². The van der Waals surface area contributed by atoms with Gasteiger partial charge >= 0.3 is 6.03 Å². The molecule has 7 nitrogen and oxygen atoms in total. The highest BCUT2D eigenvalue weighted by Crippen LogP contribution is 2.41. The lowest BCUT2D eigenvalue weighted by molar-refractivity contribution is -0.181. The quantitative estimate of drug-likeness (QED) is 0.358. The summed E-state index contributed by atoms with van der Waals surface area (Å²) in [6.45, 7) is 9.20. The zero-order chi connectivity index (χ0) is 29.0. The van der Waals surface area contributed by atoms with Gasteiger partial charge in [0.2, 0.25) is 5.91 Å². The second-order valence-corrected chi connectivity index (χ2v) is 11.8. The summed E-state index contributed by atoms with van der Waals surface area (Å²) in [5.41, 5.74) is 2.93. The zero-order valence-corrected chi connectivity index (χ0v) is 24.4. The van der Waals surface area contributed by atoms with Gasteiger partial charge in [-0.1, -0.05) is 77.8 Å². The lowest BCUT2D eigenvalue weighted by Crippen LogP contribution is -2.61. The number of aryl methyl sites for hydroxylation is 1. The van der Waals surface area contributed by atoms with Crippen molar-refractivity contribution >= 4 is 35.1 Å². The lowest BCUT2D eigenvalue weighted by atomic mass is 9.86. The molecular weight excluding hydrogens is 524 g/mol. The van der Waals surface area contributed by atoms with Gasteiger partial charge in [-0.15, -0.1) is 0 Å². The standard InChI is InChI=1S/C32H37ClN4O3/c1-21-14-16-24(17-15-21)29-19-25(23-10-7-6-8-11-23)18-28(30(39)36(29)37(22(2)38)32(3,4)5)35-31(40)34-27-13-9-12-26(33)20-27/h6-17,20,25,28-29H,18-19H2,1-5H3,(H2,34,35,40)/t25-,28+,29?/m0/s1. The molecule has 4 amide bonds. The van der Waals surface area contributed by atoms with Crippen molar-refractivity contribution in [1.82, 2.24) is 15.3 Å². The maximum Gasteiger partial charge on any atom is 0.319 e. The molecule has 3 aromatic rings. The van der Waals surface area contributed by atoms with Gasteiger partial charge < -0.3 is 10.6 Å². The van der Waals surface area contributed by atoms with Crippen LogP contribution in [0.5, 0.6) is 0 Å². The van der Waals surface area contributed by atoms with Crippen LogP contribution in [0.2, 0.25) is 5.02 Å². The average Bonchev–Trinajstić information content (AvgIpc) is 3.01. The monoisotopic (exact) mass is 560 g/mol. The third-order valence-corrected chi connectivity index (χ3v) is 7.35. The number of rotatable bonds is 5. The molecule has 1 aliphatic heterocycles. The molecule has 1 aliphatic rings. The maximum atomic E-state index is 14.5. The Labute approximate surface area is 241 Å². The molecule has 0 bridgehead atoms. The van der Waals surface area contributed by atoms with E-state index in [-0.39, 0.29) is 17.7 Å². The number of carbonyl (C=O) groups excluding carboxylic acids is 3. The number of hydrazine groups is 1. The Balaban J connectivity index is 1.79. The van der Waals surface area contributed by atoms with Crippen LogP contribution in [-0.4, -0.2) is 39.4 Å². The number of carbonyl (C=O) groups is 3. The largest absolute Gasteiger partial charge is 0.326 e. The van der Waals surface area contributed by atoms with Crippen molar-refractivity contribution in [2.24, 2.45) is 0 Å². The highest BCUT2D eigenvalue weighted by atomic mass is 35.5. The molecule has 4 rings (SSSR count). The fraction of sp³-hybridized carbons (Fsp3) is 0.344. The summed E-state index contributed by atoms with van der Waals surface area (Å²) in [6.07, 6.45) is 0.952. The molecule has 40 heavy (non-hydrogen) atoms. The summed E-state index contributed by atoms with van der Waals surface area (Å²) < 4.78 is 0. The van der Waals surface area contributed by atoms with Gasteiger partial charge in [0.05, 0.1) is 11.6 Å². The third kappa shape index (κ3) is 6.83. The van der Waals surface area contributed by atoms with Crippen molar-refractivity contribution in [3.63, 3.8) is 0 Å². The summed E-state index contributed by atoms with van der Waals surface area (Å²) in [6, 6.07) is 23.1. The molecule has 3 aromatic carbocycles. The Kier molecular flexibility index (Phi) is 8.84. The fourth-order valence-corrected chi connectivity index (χ4v) is 5.62. The van der Waals surface area contributed by atoms with Crippen LogP contribution in [-0.2, 0) is 9.59 Å². The van der Waals surface area contributed by atoms with Crippen LogP contribution in [0.3, 0.4) is 0 Å². The van der Waals surface area contributed by atoms with Crippen LogP contribution in [0.1, 0.15) is 69.2 Å². The third-order valence-electron chi connectivity index (χ3n) is 7.12. The van der Waals surface area contributed by atoms with Crippen LogP contribution in [0.15, 0.2) is 78.9 Å². The minimum Gasteiger partial charge on any atom is -0.326 e. The first-order valence-corrected chi connectivity index (χ1v) is 13.9. The number of nitrogens with one attached hydrogen (secondary N) is 2. The van der Waals surface area contributed by atoms with Crippen molar-refractivity contribution in [3.05, 3.63) is 101 Å². The van der Waals surface area contributed by atoms with Gasteiger partial charge in [-0.2, -0.15) is 0 Å². The van der Waals surface area contributed by atoms with Crippen molar-refractivity contribution in [3.8, 4) is 0 Å². The van der Waals surface area contributed by atoms with Crippen molar-refractivity contribution < 1.29 is 14.4 Å². The summed E-state index contributed by atoms with van der Waals surface area (Å²) in [7, 11) is 0. The molecule has 0 saturated carbocycles. The molecule has 3 atom stereocenters. The number of hydrogen-bond acceptors (Lipinski definition) is 3. The minimum atomic E-state index is -0.885. The van der Waals surface area contributed by atoms with Crippen molar-refractivity contribution in [1.29, 1.82) is 0 Å². The van der Waals surface area contributed by atoms with E-state index in [1.807, 2.05) is 82.3 Å². The number of nitrogens with zero attached hydrogens (tertiary/aromatic N) is 2. The van der Waals surface area contributed by atoms with E-state index in [9.17, 15) is 14.4 Å². The molecule has 8 heteroatoms. The SMILES string of the molecule is CC(=O)N(N1C(=O)[C@H](NC(=O)Nc2cccc(Cl)c2)C[C@H](c2ccccc2)CC1c1ccc(C)cc1)C(C)(C)C. The molecular formula is C32H37ClN4O3. The second-order valence-electron chi connectivity index (χ2n) is 11.4. The van der Waals surface area contributed by atoms with E-state index in [1.165, 1.54) is 11.9 Å². The Morgan fingerprint density at radius 1 is 0.925 bits per heavy atom. The molecule has 1 saturated heterocycles. The van der Waals surface area contributed by atoms with Gasteiger partial charge in [-0.05, 0) is 75.8 Å². The predicted octanol–water partition coefficient (Wildman–Crippen LogP) is 6.85. The highest BCUT2D eigenvalue weighted by Gasteiger charge is 2.45. The first kappa shape index (κ1) is 29.2. The van der Waals surface area contributed by atoms with E-state index in [2.05, 4.69) is 10.6 Å². The van der Waals surface area contributed by atoms with E-state index in [0.29, 0.717) is 23.6 Å². The van der Waals surface area contributed by atoms with Crippen molar-refractivity contribution in [2.45, 2.75) is 71.0 Å². The second kappa shape index (κ2) is 12.1. The van der Waals surface area contributed by atoms with E-state index in [4.69, 9.17) is 11.6 Å². The number of benzene rings is 3. The predicted molar refractivity (Wildman–Crippen MR) is 159 cm³/mol. The smallest absolute Gasteiger partial charge is 0.319 e. The summed E-state index contributed by atoms with van der Waals surface area (Å²) in [4.78, 5) is 40.8. The molecule has 0 aliphatic carbocycles. The maximum absolute atomic E-state index is 14.5. The molecule has 1 heterocycles. The summed E-state index contributed by atoms with van der Waals surface area (Å²) >= 11 is 6.09. The topological polar surface area (TPSA) is 81.8 Å². The molecule has 2 N–H and O–H groups in total. The van der Waals surface area contributed by atoms with Gasteiger partial charge in [0.15, 0.2) is 0 Å². The number of hydrogen-bond donors (Lipinski definition) is 2. The van der Waals surface area contributed by atoms with Crippen LogP contribution in [0.4, 0.5) is 10.5 Å². The molecule has 1 unspecified atom stereocenters.